The minimum absolute atomic E-state index is 0.128. The predicted molar refractivity (Wildman–Crippen MR) is 69.6 cm³/mol. The highest BCUT2D eigenvalue weighted by Crippen LogP contribution is 2.31. The minimum atomic E-state index is 0.128. The molecule has 0 heterocycles. The Hall–Kier alpha value is -1.26. The maximum atomic E-state index is 5.86. The number of nitrogens with two attached hydrogens (primary N) is 1. The molecule has 4 heteroatoms. The van der Waals surface area contributed by atoms with Crippen LogP contribution in [0.1, 0.15) is 24.9 Å². The van der Waals surface area contributed by atoms with Gasteiger partial charge in [-0.2, -0.15) is 0 Å². The lowest BCUT2D eigenvalue weighted by Crippen LogP contribution is -2.26. The van der Waals surface area contributed by atoms with Gasteiger partial charge >= 0.3 is 0 Å². The molecule has 0 radical (unpaired) electrons. The normalized spacial score (nSPS) is 14.2. The molecular formula is C13H22N2O2. The molecule has 0 aliphatic carbocycles. The van der Waals surface area contributed by atoms with Gasteiger partial charge in [0.2, 0.25) is 0 Å². The second kappa shape index (κ2) is 6.47. The molecule has 17 heavy (non-hydrogen) atoms. The summed E-state index contributed by atoms with van der Waals surface area (Å²) in [6, 6.07) is 6.09. The molecule has 2 atom stereocenters. The molecule has 96 valence electrons. The van der Waals surface area contributed by atoms with Gasteiger partial charge in [-0.15, -0.1) is 0 Å². The molecule has 0 aromatic heterocycles. The van der Waals surface area contributed by atoms with Crippen molar-refractivity contribution in [3.63, 3.8) is 0 Å². The first-order valence-electron chi connectivity index (χ1n) is 5.77. The molecule has 3 N–H and O–H groups in total. The van der Waals surface area contributed by atoms with E-state index in [2.05, 4.69) is 5.32 Å². The van der Waals surface area contributed by atoms with Crippen LogP contribution in [0.4, 0.5) is 0 Å². The summed E-state index contributed by atoms with van der Waals surface area (Å²) in [5, 5.41) is 3.26. The van der Waals surface area contributed by atoms with Crippen molar-refractivity contribution in [2.45, 2.75) is 25.4 Å². The van der Waals surface area contributed by atoms with Crippen LogP contribution in [0.25, 0.3) is 0 Å². The minimum Gasteiger partial charge on any atom is -0.497 e. The first-order valence-corrected chi connectivity index (χ1v) is 5.77. The van der Waals surface area contributed by atoms with Crippen LogP contribution in [0.2, 0.25) is 0 Å². The Bertz CT molecular complexity index is 353. The third kappa shape index (κ3) is 3.61. The molecule has 0 amide bonds. The van der Waals surface area contributed by atoms with Gasteiger partial charge < -0.3 is 20.5 Å². The topological polar surface area (TPSA) is 56.5 Å². The van der Waals surface area contributed by atoms with Crippen molar-refractivity contribution in [3.05, 3.63) is 23.8 Å². The van der Waals surface area contributed by atoms with Crippen LogP contribution in [0.3, 0.4) is 0 Å². The van der Waals surface area contributed by atoms with E-state index in [0.29, 0.717) is 0 Å². The summed E-state index contributed by atoms with van der Waals surface area (Å²) in [5.41, 5.74) is 6.93. The molecule has 4 nitrogen and oxygen atoms in total. The summed E-state index contributed by atoms with van der Waals surface area (Å²) in [5.74, 6) is 1.68. The van der Waals surface area contributed by atoms with Crippen LogP contribution >= 0.6 is 0 Å². The van der Waals surface area contributed by atoms with Crippen LogP contribution in [0.15, 0.2) is 18.2 Å². The summed E-state index contributed by atoms with van der Waals surface area (Å²) in [6.07, 6.45) is 0.847. The number of nitrogens with one attached hydrogen (secondary N) is 1. The summed E-state index contributed by atoms with van der Waals surface area (Å²) in [6.45, 7) is 2.00. The van der Waals surface area contributed by atoms with Gasteiger partial charge in [0.15, 0.2) is 0 Å². The largest absolute Gasteiger partial charge is 0.497 e. The smallest absolute Gasteiger partial charge is 0.123 e. The lowest BCUT2D eigenvalue weighted by molar-refractivity contribution is 0.386. The lowest BCUT2D eigenvalue weighted by atomic mass is 9.99. The number of ether oxygens (including phenoxy) is 2. The van der Waals surface area contributed by atoms with E-state index in [-0.39, 0.29) is 12.1 Å². The number of rotatable bonds is 6. The van der Waals surface area contributed by atoms with E-state index in [0.717, 1.165) is 23.5 Å². The van der Waals surface area contributed by atoms with E-state index in [1.807, 2.05) is 32.2 Å². The van der Waals surface area contributed by atoms with Gasteiger partial charge in [-0.25, -0.2) is 0 Å². The van der Waals surface area contributed by atoms with Crippen molar-refractivity contribution in [1.82, 2.24) is 5.32 Å². The third-order valence-corrected chi connectivity index (χ3v) is 2.77. The van der Waals surface area contributed by atoms with Crippen molar-refractivity contribution >= 4 is 0 Å². The van der Waals surface area contributed by atoms with Crippen LogP contribution in [-0.4, -0.2) is 27.3 Å². The first-order chi connectivity index (χ1) is 8.12. The van der Waals surface area contributed by atoms with E-state index in [1.165, 1.54) is 0 Å². The van der Waals surface area contributed by atoms with Crippen LogP contribution < -0.4 is 20.5 Å². The standard InChI is InChI=1S/C13H22N2O2/c1-9(14)7-12(15-2)11-8-10(16-3)5-6-13(11)17-4/h5-6,8-9,12,15H,7,14H2,1-4H3. The summed E-state index contributed by atoms with van der Waals surface area (Å²) in [7, 11) is 5.25. The zero-order chi connectivity index (χ0) is 12.8. The molecule has 1 aromatic rings. The SMILES string of the molecule is CNC(CC(C)N)c1cc(OC)ccc1OC. The maximum absolute atomic E-state index is 5.86. The summed E-state index contributed by atoms with van der Waals surface area (Å²) in [4.78, 5) is 0. The molecule has 0 spiro atoms. The first kappa shape index (κ1) is 13.8. The van der Waals surface area contributed by atoms with Crippen molar-refractivity contribution in [2.75, 3.05) is 21.3 Å². The molecule has 0 saturated carbocycles. The summed E-state index contributed by atoms with van der Waals surface area (Å²) < 4.78 is 10.6. The molecule has 0 bridgehead atoms. The Kier molecular flexibility index (Phi) is 5.25. The quantitative estimate of drug-likeness (QED) is 0.792. The molecule has 0 aliphatic rings. The van der Waals surface area contributed by atoms with Crippen molar-refractivity contribution < 1.29 is 9.47 Å². The maximum Gasteiger partial charge on any atom is 0.123 e. The van der Waals surface area contributed by atoms with E-state index in [4.69, 9.17) is 15.2 Å². The molecule has 1 rings (SSSR count). The van der Waals surface area contributed by atoms with Crippen LogP contribution in [-0.2, 0) is 0 Å². The second-order valence-corrected chi connectivity index (χ2v) is 4.16. The fraction of sp³-hybridized carbons (Fsp3) is 0.538. The average Bonchev–Trinajstić information content (AvgIpc) is 2.34. The average molecular weight is 238 g/mol. The van der Waals surface area contributed by atoms with Crippen LogP contribution in [0.5, 0.6) is 11.5 Å². The number of benzene rings is 1. The van der Waals surface area contributed by atoms with Gasteiger partial charge in [-0.05, 0) is 38.6 Å². The Balaban J connectivity index is 3.05. The van der Waals surface area contributed by atoms with Gasteiger partial charge in [0.25, 0.3) is 0 Å². The van der Waals surface area contributed by atoms with Gasteiger partial charge in [0.1, 0.15) is 11.5 Å². The fourth-order valence-electron chi connectivity index (χ4n) is 1.88. The highest BCUT2D eigenvalue weighted by Gasteiger charge is 2.16. The molecule has 0 aliphatic heterocycles. The van der Waals surface area contributed by atoms with Gasteiger partial charge in [0, 0.05) is 17.6 Å². The van der Waals surface area contributed by atoms with Gasteiger partial charge in [0.05, 0.1) is 14.2 Å². The second-order valence-electron chi connectivity index (χ2n) is 4.16. The third-order valence-electron chi connectivity index (χ3n) is 2.77. The monoisotopic (exact) mass is 238 g/mol. The molecule has 0 saturated heterocycles. The molecule has 2 unspecified atom stereocenters. The molecule has 1 aromatic carbocycles. The van der Waals surface area contributed by atoms with E-state index >= 15 is 0 Å². The number of hydrogen-bond acceptors (Lipinski definition) is 4. The van der Waals surface area contributed by atoms with Crippen LogP contribution in [0, 0.1) is 0 Å². The zero-order valence-electron chi connectivity index (χ0n) is 11.0. The van der Waals surface area contributed by atoms with Gasteiger partial charge in [-0.3, -0.25) is 0 Å². The summed E-state index contributed by atoms with van der Waals surface area (Å²) >= 11 is 0. The number of methoxy groups -OCH3 is 2. The Morgan fingerprint density at radius 3 is 2.47 bits per heavy atom. The Morgan fingerprint density at radius 1 is 1.29 bits per heavy atom. The Labute approximate surface area is 103 Å². The van der Waals surface area contributed by atoms with Crippen molar-refractivity contribution in [3.8, 4) is 11.5 Å². The number of hydrogen-bond donors (Lipinski definition) is 2. The molecule has 0 fully saturated rings. The predicted octanol–water partition coefficient (Wildman–Crippen LogP) is 1.70. The van der Waals surface area contributed by atoms with Crippen molar-refractivity contribution in [2.24, 2.45) is 5.73 Å². The highest BCUT2D eigenvalue weighted by atomic mass is 16.5. The Morgan fingerprint density at radius 2 is 2.00 bits per heavy atom. The van der Waals surface area contributed by atoms with Crippen molar-refractivity contribution in [1.29, 1.82) is 0 Å². The molecular weight excluding hydrogens is 216 g/mol. The fourth-order valence-corrected chi connectivity index (χ4v) is 1.88. The van der Waals surface area contributed by atoms with E-state index in [9.17, 15) is 0 Å². The van der Waals surface area contributed by atoms with Gasteiger partial charge in [-0.1, -0.05) is 0 Å². The highest BCUT2D eigenvalue weighted by molar-refractivity contribution is 5.42. The van der Waals surface area contributed by atoms with E-state index in [1.54, 1.807) is 14.2 Å². The lowest BCUT2D eigenvalue weighted by Gasteiger charge is -2.21. The zero-order valence-corrected chi connectivity index (χ0v) is 11.0. The van der Waals surface area contributed by atoms with E-state index < -0.39 is 0 Å².